The van der Waals surface area contributed by atoms with E-state index in [2.05, 4.69) is 30.0 Å². The maximum absolute atomic E-state index is 12.9. The quantitative estimate of drug-likeness (QED) is 0.0201. The topological polar surface area (TPSA) is 285 Å². The van der Waals surface area contributed by atoms with Gasteiger partial charge in [-0.15, -0.1) is 15.6 Å². The van der Waals surface area contributed by atoms with Gasteiger partial charge >= 0.3 is 10.4 Å². The highest BCUT2D eigenvalue weighted by atomic mass is 32.3. The van der Waals surface area contributed by atoms with Crippen molar-refractivity contribution in [1.82, 2.24) is 20.7 Å². The number of carbonyl (C=O) groups is 2. The second-order valence-corrected chi connectivity index (χ2v) is 11.8. The number of oxime groups is 1. The van der Waals surface area contributed by atoms with Crippen LogP contribution in [0.25, 0.3) is 0 Å². The lowest BCUT2D eigenvalue weighted by atomic mass is 9.76. The summed E-state index contributed by atoms with van der Waals surface area (Å²) in [6, 6.07) is 7.10. The van der Waals surface area contributed by atoms with Crippen LogP contribution < -0.4 is 38.3 Å². The standard InChI is InChI=1S/C24H36N10O8S2/c1-24(2)16(21(36)34(24)42-44(37,38)39)7-8-30-20(35)18(17-13-43-23(28)32-17)33-41-12-11-40-15-5-3-14(4-6-15)19(25)29-9-10-31-22(26)27/h3-6,13,16,19,29H,7-12,25H2,1-2H3,(H2,28,32)(H,30,35)(H4,26,27,31)(H,37,38,39). The molecule has 1 fully saturated rings. The molecule has 0 saturated carbocycles. The van der Waals surface area contributed by atoms with Gasteiger partial charge in [0.15, 0.2) is 23.4 Å². The van der Waals surface area contributed by atoms with Gasteiger partial charge in [-0.05, 0) is 38.0 Å². The monoisotopic (exact) mass is 656 g/mol. The average Bonchev–Trinajstić information content (AvgIpc) is 3.38. The SMILES string of the molecule is CC1(C)C(CCNC(=O)C(=NOCCOc2ccc(C(N)NCCN=C(N)N)cc2)c2csc(N)n2)C(=O)N1OS(=O)(=O)O. The van der Waals surface area contributed by atoms with E-state index >= 15 is 0 Å². The number of nitrogens with one attached hydrogen (secondary N) is 2. The molecule has 1 aliphatic rings. The van der Waals surface area contributed by atoms with E-state index in [0.717, 1.165) is 16.9 Å². The third-order valence-electron chi connectivity index (χ3n) is 6.35. The summed E-state index contributed by atoms with van der Waals surface area (Å²) in [5, 5.41) is 12.0. The van der Waals surface area contributed by atoms with Crippen LogP contribution in [-0.4, -0.2) is 84.9 Å². The summed E-state index contributed by atoms with van der Waals surface area (Å²) in [6.45, 7) is 4.16. The number of hydrogen-bond acceptors (Lipinski definition) is 14. The average molecular weight is 657 g/mol. The molecular weight excluding hydrogens is 620 g/mol. The van der Waals surface area contributed by atoms with Crippen molar-refractivity contribution >= 4 is 50.4 Å². The first-order valence-electron chi connectivity index (χ1n) is 13.2. The minimum absolute atomic E-state index is 0.00161. The Kier molecular flexibility index (Phi) is 11.8. The fraction of sp³-hybridized carbons (Fsp3) is 0.458. The van der Waals surface area contributed by atoms with Crippen molar-refractivity contribution in [3.05, 3.63) is 40.9 Å². The fourth-order valence-corrected chi connectivity index (χ4v) is 5.12. The first-order valence-corrected chi connectivity index (χ1v) is 15.4. The van der Waals surface area contributed by atoms with Gasteiger partial charge in [0.25, 0.3) is 11.8 Å². The second kappa shape index (κ2) is 15.1. The highest BCUT2D eigenvalue weighted by molar-refractivity contribution is 7.80. The van der Waals surface area contributed by atoms with E-state index in [9.17, 15) is 18.0 Å². The number of aromatic nitrogens is 1. The predicted octanol–water partition coefficient (Wildman–Crippen LogP) is -1.18. The molecule has 1 saturated heterocycles. The molecule has 44 heavy (non-hydrogen) atoms. The summed E-state index contributed by atoms with van der Waals surface area (Å²) < 4.78 is 40.9. The van der Waals surface area contributed by atoms with Gasteiger partial charge in [0.05, 0.1) is 24.2 Å². The van der Waals surface area contributed by atoms with Crippen LogP contribution in [0.4, 0.5) is 5.13 Å². The number of rotatable bonds is 17. The van der Waals surface area contributed by atoms with E-state index < -0.39 is 39.8 Å². The molecule has 0 aliphatic carbocycles. The molecule has 1 aromatic carbocycles. The van der Waals surface area contributed by atoms with Gasteiger partial charge in [0, 0.05) is 18.5 Å². The van der Waals surface area contributed by atoms with Gasteiger partial charge < -0.3 is 37.8 Å². The Labute approximate surface area is 257 Å². The van der Waals surface area contributed by atoms with E-state index in [-0.39, 0.29) is 48.7 Å². The lowest BCUT2D eigenvalue weighted by Crippen LogP contribution is -2.68. The zero-order chi connectivity index (χ0) is 32.5. The number of nitrogens with zero attached hydrogens (tertiary/aromatic N) is 4. The van der Waals surface area contributed by atoms with Crippen molar-refractivity contribution in [3.8, 4) is 5.75 Å². The first-order chi connectivity index (χ1) is 20.7. The summed E-state index contributed by atoms with van der Waals surface area (Å²) in [7, 11) is -4.86. The summed E-state index contributed by atoms with van der Waals surface area (Å²) in [4.78, 5) is 38.5. The number of benzene rings is 1. The number of amides is 2. The number of anilines is 1. The number of guanidine groups is 1. The molecule has 0 radical (unpaired) electrons. The highest BCUT2D eigenvalue weighted by Gasteiger charge is 2.56. The molecule has 18 nitrogen and oxygen atoms in total. The number of nitrogen functional groups attached to an aromatic ring is 1. The van der Waals surface area contributed by atoms with Crippen LogP contribution in [0.2, 0.25) is 0 Å². The number of hydrogen-bond donors (Lipinski definition) is 7. The van der Waals surface area contributed by atoms with Crippen molar-refractivity contribution in [2.24, 2.45) is 33.3 Å². The van der Waals surface area contributed by atoms with Crippen molar-refractivity contribution < 1.29 is 36.4 Å². The first kappa shape index (κ1) is 34.4. The number of aliphatic imine (C=N–C) groups is 1. The summed E-state index contributed by atoms with van der Waals surface area (Å²) in [5.74, 6) is -1.39. The number of nitrogens with two attached hydrogens (primary N) is 4. The van der Waals surface area contributed by atoms with Crippen LogP contribution in [0.15, 0.2) is 39.8 Å². The van der Waals surface area contributed by atoms with E-state index in [0.29, 0.717) is 23.9 Å². The molecule has 2 unspecified atom stereocenters. The molecule has 1 aliphatic heterocycles. The fourth-order valence-electron chi connectivity index (χ4n) is 4.12. The van der Waals surface area contributed by atoms with E-state index in [4.69, 9.17) is 37.1 Å². The summed E-state index contributed by atoms with van der Waals surface area (Å²) in [5.41, 5.74) is 22.3. The molecule has 3 rings (SSSR count). The van der Waals surface area contributed by atoms with Crippen molar-refractivity contribution in [1.29, 1.82) is 0 Å². The van der Waals surface area contributed by atoms with Gasteiger partial charge in [-0.3, -0.25) is 24.5 Å². The number of ether oxygens (including phenoxy) is 1. The lowest BCUT2D eigenvalue weighted by molar-refractivity contribution is -0.229. The highest BCUT2D eigenvalue weighted by Crippen LogP contribution is 2.40. The molecule has 0 bridgehead atoms. The van der Waals surface area contributed by atoms with Crippen molar-refractivity contribution in [3.63, 3.8) is 0 Å². The maximum Gasteiger partial charge on any atom is 0.418 e. The Morgan fingerprint density at radius 3 is 2.52 bits per heavy atom. The number of hydroxylamine groups is 2. The molecule has 0 spiro atoms. The van der Waals surface area contributed by atoms with Crippen LogP contribution in [-0.2, 0) is 29.1 Å². The van der Waals surface area contributed by atoms with E-state index in [1.807, 2.05) is 0 Å². The van der Waals surface area contributed by atoms with Gasteiger partial charge in [-0.2, -0.15) is 13.5 Å². The zero-order valence-corrected chi connectivity index (χ0v) is 25.6. The van der Waals surface area contributed by atoms with Crippen LogP contribution in [0.3, 0.4) is 0 Å². The maximum atomic E-state index is 12.9. The van der Waals surface area contributed by atoms with Crippen molar-refractivity contribution in [2.45, 2.75) is 32.0 Å². The van der Waals surface area contributed by atoms with Crippen molar-refractivity contribution in [2.75, 3.05) is 38.6 Å². The molecule has 11 N–H and O–H groups in total. The van der Waals surface area contributed by atoms with Gasteiger partial charge in [0.1, 0.15) is 18.1 Å². The minimum Gasteiger partial charge on any atom is -0.490 e. The largest absolute Gasteiger partial charge is 0.490 e. The summed E-state index contributed by atoms with van der Waals surface area (Å²) >= 11 is 1.11. The zero-order valence-electron chi connectivity index (χ0n) is 24.0. The summed E-state index contributed by atoms with van der Waals surface area (Å²) in [6.07, 6.45) is -0.267. The Morgan fingerprint density at radius 2 is 1.93 bits per heavy atom. The molecular formula is C24H36N10O8S2. The molecule has 242 valence electrons. The normalized spacial score (nSPS) is 17.0. The van der Waals surface area contributed by atoms with Gasteiger partial charge in [-0.1, -0.05) is 17.3 Å². The lowest BCUT2D eigenvalue weighted by Gasteiger charge is -2.51. The Bertz CT molecular complexity index is 1460. The van der Waals surface area contributed by atoms with E-state index in [1.54, 1.807) is 43.5 Å². The van der Waals surface area contributed by atoms with Gasteiger partial charge in [-0.25, -0.2) is 4.98 Å². The van der Waals surface area contributed by atoms with Crippen LogP contribution >= 0.6 is 11.3 Å². The third-order valence-corrected chi connectivity index (χ3v) is 7.36. The number of β-lactam (4-membered cyclic amide) rings is 1. The van der Waals surface area contributed by atoms with Crippen LogP contribution in [0.5, 0.6) is 5.75 Å². The Balaban J connectivity index is 1.48. The molecule has 2 heterocycles. The molecule has 2 atom stereocenters. The second-order valence-electron chi connectivity index (χ2n) is 9.89. The van der Waals surface area contributed by atoms with Crippen LogP contribution in [0.1, 0.15) is 37.7 Å². The van der Waals surface area contributed by atoms with E-state index in [1.165, 1.54) is 0 Å². The van der Waals surface area contributed by atoms with Gasteiger partial charge in [0.2, 0.25) is 0 Å². The smallest absolute Gasteiger partial charge is 0.418 e. The third kappa shape index (κ3) is 9.72. The van der Waals surface area contributed by atoms with Crippen LogP contribution in [0, 0.1) is 5.92 Å². The molecule has 20 heteroatoms. The minimum atomic E-state index is -4.86. The number of thiazole rings is 1. The predicted molar refractivity (Wildman–Crippen MR) is 161 cm³/mol. The Hall–Kier alpha value is -4.08. The number of carbonyl (C=O) groups excluding carboxylic acids is 2. The molecule has 2 aromatic rings. The molecule has 1 aromatic heterocycles. The Morgan fingerprint density at radius 1 is 1.23 bits per heavy atom. The molecule has 2 amide bonds.